The maximum atomic E-state index is 4.34. The van der Waals surface area contributed by atoms with Gasteiger partial charge in [-0.2, -0.15) is 0 Å². The molecule has 0 unspecified atom stereocenters. The minimum Gasteiger partial charge on any atom is -0.264 e. The van der Waals surface area contributed by atoms with Crippen molar-refractivity contribution in [3.63, 3.8) is 0 Å². The molecule has 0 saturated heterocycles. The van der Waals surface area contributed by atoms with Crippen LogP contribution in [0.2, 0.25) is 0 Å². The Kier molecular flexibility index (Phi) is 3.38. The molecule has 0 radical (unpaired) electrons. The molecule has 76 valence electrons. The number of aromatic nitrogens is 2. The van der Waals surface area contributed by atoms with Gasteiger partial charge in [-0.3, -0.25) is 4.98 Å². The highest BCUT2D eigenvalue weighted by atomic mass is 79.9. The van der Waals surface area contributed by atoms with Gasteiger partial charge in [0.05, 0.1) is 5.03 Å². The summed E-state index contributed by atoms with van der Waals surface area (Å²) in [7, 11) is 0. The summed E-state index contributed by atoms with van der Waals surface area (Å²) >= 11 is 5.04. The van der Waals surface area contributed by atoms with Crippen LogP contribution in [0.3, 0.4) is 0 Å². The van der Waals surface area contributed by atoms with Gasteiger partial charge in [0.25, 0.3) is 0 Å². The van der Waals surface area contributed by atoms with Crippen LogP contribution < -0.4 is 0 Å². The van der Waals surface area contributed by atoms with Crippen molar-refractivity contribution in [2.24, 2.45) is 0 Å². The van der Waals surface area contributed by atoms with Crippen LogP contribution in [0.1, 0.15) is 0 Å². The van der Waals surface area contributed by atoms with Crippen LogP contribution in [-0.4, -0.2) is 16.2 Å². The van der Waals surface area contributed by atoms with Gasteiger partial charge >= 0.3 is 0 Å². The zero-order valence-corrected chi connectivity index (χ0v) is 10.5. The summed E-state index contributed by atoms with van der Waals surface area (Å²) in [4.78, 5) is 8.44. The maximum Gasteiger partial charge on any atom is 0.108 e. The number of thioether (sulfide) groups is 1. The highest BCUT2D eigenvalue weighted by Crippen LogP contribution is 2.25. The van der Waals surface area contributed by atoms with Gasteiger partial charge in [-0.25, -0.2) is 4.98 Å². The van der Waals surface area contributed by atoms with E-state index in [1.165, 1.54) is 0 Å². The fraction of sp³-hybridized carbons (Fsp3) is 0.0909. The predicted molar refractivity (Wildman–Crippen MR) is 66.9 cm³/mol. The zero-order chi connectivity index (χ0) is 10.7. The lowest BCUT2D eigenvalue weighted by atomic mass is 10.1. The average molecular weight is 281 g/mol. The first kappa shape index (κ1) is 10.6. The summed E-state index contributed by atoms with van der Waals surface area (Å²) in [5, 5.41) is 1.00. The van der Waals surface area contributed by atoms with Crippen LogP contribution in [0.25, 0.3) is 11.1 Å². The van der Waals surface area contributed by atoms with Crippen LogP contribution in [-0.2, 0) is 0 Å². The molecule has 0 amide bonds. The van der Waals surface area contributed by atoms with Crippen LogP contribution >= 0.6 is 27.7 Å². The normalized spacial score (nSPS) is 10.3. The van der Waals surface area contributed by atoms with Crippen molar-refractivity contribution in [1.29, 1.82) is 0 Å². The monoisotopic (exact) mass is 280 g/mol. The highest BCUT2D eigenvalue weighted by Gasteiger charge is 2.02. The van der Waals surface area contributed by atoms with Gasteiger partial charge in [0, 0.05) is 18.0 Å². The Labute approximate surface area is 101 Å². The van der Waals surface area contributed by atoms with Crippen molar-refractivity contribution in [3.05, 3.63) is 41.3 Å². The van der Waals surface area contributed by atoms with Crippen molar-refractivity contribution in [2.45, 2.75) is 5.03 Å². The molecule has 4 heteroatoms. The minimum absolute atomic E-state index is 0.855. The molecule has 0 atom stereocenters. The number of halogens is 1. The summed E-state index contributed by atoms with van der Waals surface area (Å²) in [6.45, 7) is 0. The molecule has 0 spiro atoms. The second kappa shape index (κ2) is 4.77. The second-order valence-electron chi connectivity index (χ2n) is 2.96. The molecule has 2 rings (SSSR count). The van der Waals surface area contributed by atoms with E-state index >= 15 is 0 Å². The Bertz CT molecular complexity index is 459. The second-order valence-corrected chi connectivity index (χ2v) is 4.60. The van der Waals surface area contributed by atoms with E-state index in [-0.39, 0.29) is 0 Å². The fourth-order valence-corrected chi connectivity index (χ4v) is 2.27. The van der Waals surface area contributed by atoms with Gasteiger partial charge in [-0.15, -0.1) is 11.8 Å². The molecule has 0 N–H and O–H groups in total. The first-order valence-electron chi connectivity index (χ1n) is 4.41. The Hall–Kier alpha value is -0.870. The van der Waals surface area contributed by atoms with Crippen molar-refractivity contribution in [1.82, 2.24) is 9.97 Å². The fourth-order valence-electron chi connectivity index (χ4n) is 1.28. The SMILES string of the molecule is CSc1cc(-c2cccnc2)cc(Br)n1. The van der Waals surface area contributed by atoms with Crippen LogP contribution in [0, 0.1) is 0 Å². The van der Waals surface area contributed by atoms with Gasteiger partial charge in [-0.05, 0) is 45.9 Å². The molecule has 0 aliphatic heterocycles. The van der Waals surface area contributed by atoms with Gasteiger partial charge in [0.15, 0.2) is 0 Å². The molecule has 2 aromatic heterocycles. The smallest absolute Gasteiger partial charge is 0.108 e. The minimum atomic E-state index is 0.855. The van der Waals surface area contributed by atoms with Crippen LogP contribution in [0.5, 0.6) is 0 Å². The van der Waals surface area contributed by atoms with Crippen molar-refractivity contribution in [2.75, 3.05) is 6.26 Å². The van der Waals surface area contributed by atoms with E-state index in [9.17, 15) is 0 Å². The van der Waals surface area contributed by atoms with Crippen LogP contribution in [0.4, 0.5) is 0 Å². The molecule has 15 heavy (non-hydrogen) atoms. The summed E-state index contributed by atoms with van der Waals surface area (Å²) in [6, 6.07) is 8.03. The lowest BCUT2D eigenvalue weighted by molar-refractivity contribution is 1.11. The molecule has 0 aromatic carbocycles. The number of hydrogen-bond donors (Lipinski definition) is 0. The molecule has 2 aromatic rings. The van der Waals surface area contributed by atoms with Crippen molar-refractivity contribution >= 4 is 27.7 Å². The summed E-state index contributed by atoms with van der Waals surface area (Å²) < 4.78 is 0.855. The van der Waals surface area contributed by atoms with Gasteiger partial charge in [-0.1, -0.05) is 6.07 Å². The molecule has 0 aliphatic carbocycles. The molecular weight excluding hydrogens is 272 g/mol. The number of pyridine rings is 2. The third-order valence-corrected chi connectivity index (χ3v) is 3.01. The van der Waals surface area contributed by atoms with E-state index < -0.39 is 0 Å². The first-order valence-corrected chi connectivity index (χ1v) is 6.43. The number of nitrogens with zero attached hydrogens (tertiary/aromatic N) is 2. The molecule has 0 aliphatic rings. The third-order valence-electron chi connectivity index (χ3n) is 1.97. The standard InChI is InChI=1S/C11H9BrN2S/c1-15-11-6-9(5-10(12)14-11)8-3-2-4-13-7-8/h2-7H,1H3. The molecule has 2 nitrogen and oxygen atoms in total. The Balaban J connectivity index is 2.49. The third kappa shape index (κ3) is 2.58. The van der Waals surface area contributed by atoms with Crippen molar-refractivity contribution < 1.29 is 0 Å². The van der Waals surface area contributed by atoms with E-state index in [1.54, 1.807) is 18.0 Å². The Morgan fingerprint density at radius 1 is 1.27 bits per heavy atom. The van der Waals surface area contributed by atoms with Crippen LogP contribution in [0.15, 0.2) is 46.3 Å². The van der Waals surface area contributed by atoms with Gasteiger partial charge in [0.2, 0.25) is 0 Å². The van der Waals surface area contributed by atoms with E-state index in [4.69, 9.17) is 0 Å². The lowest BCUT2D eigenvalue weighted by Crippen LogP contribution is -1.85. The Morgan fingerprint density at radius 2 is 2.13 bits per heavy atom. The Morgan fingerprint density at radius 3 is 2.80 bits per heavy atom. The highest BCUT2D eigenvalue weighted by molar-refractivity contribution is 9.10. The van der Waals surface area contributed by atoms with E-state index in [0.717, 1.165) is 20.8 Å². The van der Waals surface area contributed by atoms with E-state index in [2.05, 4.69) is 32.0 Å². The first-order chi connectivity index (χ1) is 7.29. The number of rotatable bonds is 2. The summed E-state index contributed by atoms with van der Waals surface area (Å²) in [5.41, 5.74) is 2.24. The van der Waals surface area contributed by atoms with Crippen molar-refractivity contribution in [3.8, 4) is 11.1 Å². The topological polar surface area (TPSA) is 25.8 Å². The number of hydrogen-bond acceptors (Lipinski definition) is 3. The molecular formula is C11H9BrN2S. The summed E-state index contributed by atoms with van der Waals surface area (Å²) in [5.74, 6) is 0. The van der Waals surface area contributed by atoms with Gasteiger partial charge < -0.3 is 0 Å². The largest absolute Gasteiger partial charge is 0.264 e. The average Bonchev–Trinajstić information content (AvgIpc) is 2.29. The molecule has 2 heterocycles. The molecule has 0 fully saturated rings. The lowest BCUT2D eigenvalue weighted by Gasteiger charge is -2.03. The molecule has 0 bridgehead atoms. The van der Waals surface area contributed by atoms with Gasteiger partial charge in [0.1, 0.15) is 4.60 Å². The quantitative estimate of drug-likeness (QED) is 0.621. The maximum absolute atomic E-state index is 4.34. The summed E-state index contributed by atoms with van der Waals surface area (Å²) in [6.07, 6.45) is 5.64. The molecule has 0 saturated carbocycles. The zero-order valence-electron chi connectivity index (χ0n) is 8.14. The predicted octanol–water partition coefficient (Wildman–Crippen LogP) is 3.63. The van der Waals surface area contributed by atoms with E-state index in [1.807, 2.05) is 30.7 Å². The van der Waals surface area contributed by atoms with E-state index in [0.29, 0.717) is 0 Å².